The summed E-state index contributed by atoms with van der Waals surface area (Å²) in [5.74, 6) is 6.49. The van der Waals surface area contributed by atoms with Crippen LogP contribution < -0.4 is 5.32 Å². The van der Waals surface area contributed by atoms with Gasteiger partial charge in [-0.15, -0.1) is 0 Å². The van der Waals surface area contributed by atoms with E-state index in [1.165, 1.54) is 18.6 Å². The first-order chi connectivity index (χ1) is 9.31. The highest BCUT2D eigenvalue weighted by Gasteiger charge is 2.17. The molecule has 0 radical (unpaired) electrons. The summed E-state index contributed by atoms with van der Waals surface area (Å²) in [6.45, 7) is 0.514. The fraction of sp³-hybridized carbons (Fsp3) is 0.400. The van der Waals surface area contributed by atoms with Gasteiger partial charge in [-0.25, -0.2) is 0 Å². The molecule has 19 heavy (non-hydrogen) atoms. The third kappa shape index (κ3) is 4.02. The summed E-state index contributed by atoms with van der Waals surface area (Å²) in [4.78, 5) is 12.1. The minimum atomic E-state index is -0.200. The molecular formula is C15H17NO2S. The van der Waals surface area contributed by atoms with Gasteiger partial charge in [-0.05, 0) is 30.7 Å². The quantitative estimate of drug-likeness (QED) is 0.825. The molecule has 1 saturated heterocycles. The minimum absolute atomic E-state index is 0.0876. The summed E-state index contributed by atoms with van der Waals surface area (Å²) in [6.07, 6.45) is 2.42. The molecule has 4 heteroatoms. The van der Waals surface area contributed by atoms with Gasteiger partial charge < -0.3 is 10.4 Å². The topological polar surface area (TPSA) is 49.3 Å². The number of carbonyl (C=O) groups is 1. The monoisotopic (exact) mass is 275 g/mol. The van der Waals surface area contributed by atoms with Crippen LogP contribution in [0.5, 0.6) is 0 Å². The average Bonchev–Trinajstić information content (AvgIpc) is 2.96. The molecule has 1 heterocycles. The molecule has 1 unspecified atom stereocenters. The number of amides is 1. The van der Waals surface area contributed by atoms with E-state index in [-0.39, 0.29) is 12.5 Å². The number of thioether (sulfide) groups is 1. The standard InChI is InChI=1S/C15H17NO2S/c17-9-3-6-12-5-1-2-8-14(12)15(18)16-11-13-7-4-10-19-13/h1-2,5,8,13,17H,4,7,9-11H2,(H,16,18). The van der Waals surface area contributed by atoms with E-state index in [4.69, 9.17) is 5.11 Å². The van der Waals surface area contributed by atoms with Crippen LogP contribution in [0.25, 0.3) is 0 Å². The van der Waals surface area contributed by atoms with Crippen molar-refractivity contribution < 1.29 is 9.90 Å². The minimum Gasteiger partial charge on any atom is -0.384 e. The third-order valence-corrected chi connectivity index (χ3v) is 4.39. The van der Waals surface area contributed by atoms with Crippen LogP contribution in [0.4, 0.5) is 0 Å². The first-order valence-corrected chi connectivity index (χ1v) is 7.44. The molecular weight excluding hydrogens is 258 g/mol. The Morgan fingerprint density at radius 1 is 1.47 bits per heavy atom. The van der Waals surface area contributed by atoms with Crippen molar-refractivity contribution in [1.82, 2.24) is 5.32 Å². The van der Waals surface area contributed by atoms with Crippen LogP contribution in [-0.2, 0) is 0 Å². The number of rotatable bonds is 3. The second-order valence-corrected chi connectivity index (χ2v) is 5.76. The molecule has 0 aromatic heterocycles. The van der Waals surface area contributed by atoms with Crippen LogP contribution in [0, 0.1) is 11.8 Å². The maximum Gasteiger partial charge on any atom is 0.252 e. The van der Waals surface area contributed by atoms with Gasteiger partial charge in [-0.3, -0.25) is 4.79 Å². The lowest BCUT2D eigenvalue weighted by Crippen LogP contribution is -2.30. The SMILES string of the molecule is O=C(NCC1CCCS1)c1ccccc1C#CCO. The largest absolute Gasteiger partial charge is 0.384 e. The molecule has 0 spiro atoms. The van der Waals surface area contributed by atoms with Gasteiger partial charge in [0, 0.05) is 17.4 Å². The fourth-order valence-electron chi connectivity index (χ4n) is 2.03. The number of hydrogen-bond acceptors (Lipinski definition) is 3. The first kappa shape index (κ1) is 14.0. The lowest BCUT2D eigenvalue weighted by Gasteiger charge is -2.11. The average molecular weight is 275 g/mol. The molecule has 1 amide bonds. The van der Waals surface area contributed by atoms with Crippen molar-refractivity contribution in [2.75, 3.05) is 18.9 Å². The summed E-state index contributed by atoms with van der Waals surface area (Å²) >= 11 is 1.92. The summed E-state index contributed by atoms with van der Waals surface area (Å²) in [5.41, 5.74) is 1.24. The fourth-order valence-corrected chi connectivity index (χ4v) is 3.23. The Morgan fingerprint density at radius 3 is 3.05 bits per heavy atom. The Labute approximate surface area is 117 Å². The molecule has 0 saturated carbocycles. The van der Waals surface area contributed by atoms with Gasteiger partial charge >= 0.3 is 0 Å². The molecule has 100 valence electrons. The van der Waals surface area contributed by atoms with Gasteiger partial charge in [0.25, 0.3) is 5.91 Å². The van der Waals surface area contributed by atoms with E-state index in [1.807, 2.05) is 23.9 Å². The van der Waals surface area contributed by atoms with Crippen molar-refractivity contribution in [2.24, 2.45) is 0 Å². The zero-order valence-electron chi connectivity index (χ0n) is 10.7. The van der Waals surface area contributed by atoms with E-state index in [0.29, 0.717) is 22.9 Å². The highest BCUT2D eigenvalue weighted by atomic mass is 32.2. The number of benzene rings is 1. The van der Waals surface area contributed by atoms with Crippen LogP contribution in [0.3, 0.4) is 0 Å². The molecule has 1 fully saturated rings. The normalized spacial score (nSPS) is 17.6. The van der Waals surface area contributed by atoms with E-state index in [0.717, 1.165) is 0 Å². The van der Waals surface area contributed by atoms with Crippen molar-refractivity contribution in [3.63, 3.8) is 0 Å². The molecule has 1 aliphatic heterocycles. The van der Waals surface area contributed by atoms with Gasteiger partial charge in [0.15, 0.2) is 0 Å². The zero-order valence-corrected chi connectivity index (χ0v) is 11.5. The van der Waals surface area contributed by atoms with Gasteiger partial charge in [-0.1, -0.05) is 24.0 Å². The molecule has 1 aliphatic rings. The second kappa shape index (κ2) is 7.22. The van der Waals surface area contributed by atoms with Gasteiger partial charge in [-0.2, -0.15) is 11.8 Å². The van der Waals surface area contributed by atoms with E-state index in [9.17, 15) is 4.79 Å². The van der Waals surface area contributed by atoms with Crippen LogP contribution in [0.2, 0.25) is 0 Å². The Kier molecular flexibility index (Phi) is 5.31. The summed E-state index contributed by atoms with van der Waals surface area (Å²) in [6, 6.07) is 7.22. The highest BCUT2D eigenvalue weighted by Crippen LogP contribution is 2.25. The first-order valence-electron chi connectivity index (χ1n) is 6.40. The third-order valence-electron chi connectivity index (χ3n) is 2.99. The van der Waals surface area contributed by atoms with Crippen molar-refractivity contribution in [1.29, 1.82) is 0 Å². The number of carbonyl (C=O) groups excluding carboxylic acids is 1. The lowest BCUT2D eigenvalue weighted by molar-refractivity contribution is 0.0953. The van der Waals surface area contributed by atoms with Crippen molar-refractivity contribution in [2.45, 2.75) is 18.1 Å². The Bertz CT molecular complexity index is 498. The Morgan fingerprint density at radius 2 is 2.32 bits per heavy atom. The van der Waals surface area contributed by atoms with E-state index < -0.39 is 0 Å². The van der Waals surface area contributed by atoms with Crippen molar-refractivity contribution >= 4 is 17.7 Å². The van der Waals surface area contributed by atoms with Gasteiger partial charge in [0.1, 0.15) is 6.61 Å². The predicted molar refractivity (Wildman–Crippen MR) is 78.2 cm³/mol. The Balaban J connectivity index is 2.01. The van der Waals surface area contributed by atoms with Crippen LogP contribution in [-0.4, -0.2) is 35.2 Å². The molecule has 0 bridgehead atoms. The molecule has 0 aliphatic carbocycles. The molecule has 2 rings (SSSR count). The van der Waals surface area contributed by atoms with E-state index in [1.54, 1.807) is 12.1 Å². The highest BCUT2D eigenvalue weighted by molar-refractivity contribution is 8.00. The zero-order chi connectivity index (χ0) is 13.5. The number of hydrogen-bond donors (Lipinski definition) is 2. The predicted octanol–water partition coefficient (Wildman–Crippen LogP) is 1.66. The van der Waals surface area contributed by atoms with Crippen molar-refractivity contribution in [3.8, 4) is 11.8 Å². The van der Waals surface area contributed by atoms with Crippen molar-refractivity contribution in [3.05, 3.63) is 35.4 Å². The molecule has 1 atom stereocenters. The molecule has 3 nitrogen and oxygen atoms in total. The lowest BCUT2D eigenvalue weighted by atomic mass is 10.1. The number of aliphatic hydroxyl groups excluding tert-OH is 1. The van der Waals surface area contributed by atoms with Crippen LogP contribution in [0.1, 0.15) is 28.8 Å². The number of aliphatic hydroxyl groups is 1. The molecule has 2 N–H and O–H groups in total. The van der Waals surface area contributed by atoms with Crippen LogP contribution in [0.15, 0.2) is 24.3 Å². The van der Waals surface area contributed by atoms with Crippen LogP contribution >= 0.6 is 11.8 Å². The van der Waals surface area contributed by atoms with E-state index in [2.05, 4.69) is 17.2 Å². The van der Waals surface area contributed by atoms with Gasteiger partial charge in [0.2, 0.25) is 0 Å². The smallest absolute Gasteiger partial charge is 0.252 e. The summed E-state index contributed by atoms with van der Waals surface area (Å²) < 4.78 is 0. The number of nitrogens with one attached hydrogen (secondary N) is 1. The summed E-state index contributed by atoms with van der Waals surface area (Å²) in [7, 11) is 0. The maximum atomic E-state index is 12.1. The van der Waals surface area contributed by atoms with Gasteiger partial charge in [0.05, 0.1) is 5.56 Å². The summed E-state index contributed by atoms with van der Waals surface area (Å²) in [5, 5.41) is 12.2. The second-order valence-electron chi connectivity index (χ2n) is 4.35. The molecule has 1 aromatic carbocycles. The Hall–Kier alpha value is -1.44. The van der Waals surface area contributed by atoms with E-state index >= 15 is 0 Å². The maximum absolute atomic E-state index is 12.1. The molecule has 1 aromatic rings.